The predicted octanol–water partition coefficient (Wildman–Crippen LogP) is 2.51. The molecule has 0 amide bonds. The molecule has 110 valence electrons. The Kier molecular flexibility index (Phi) is 5.32. The van der Waals surface area contributed by atoms with Crippen LogP contribution in [-0.2, 0) is 0 Å². The van der Waals surface area contributed by atoms with Crippen LogP contribution in [0.2, 0.25) is 0 Å². The lowest BCUT2D eigenvalue weighted by Crippen LogP contribution is -2.34. The van der Waals surface area contributed by atoms with Gasteiger partial charge in [0.25, 0.3) is 0 Å². The zero-order chi connectivity index (χ0) is 14.5. The lowest BCUT2D eigenvalue weighted by molar-refractivity contribution is 0.0940. The minimum Gasteiger partial charge on any atom is -0.302 e. The highest BCUT2D eigenvalue weighted by molar-refractivity contribution is 5.98. The molecule has 1 aliphatic rings. The molecule has 1 fully saturated rings. The quantitative estimate of drug-likeness (QED) is 0.745. The molecule has 1 aromatic rings. The van der Waals surface area contributed by atoms with Gasteiger partial charge in [0.15, 0.2) is 5.78 Å². The van der Waals surface area contributed by atoms with E-state index in [2.05, 4.69) is 22.8 Å². The van der Waals surface area contributed by atoms with E-state index in [0.29, 0.717) is 6.54 Å². The summed E-state index contributed by atoms with van der Waals surface area (Å²) in [7, 11) is 2.04. The van der Waals surface area contributed by atoms with E-state index in [9.17, 15) is 4.79 Å². The van der Waals surface area contributed by atoms with Gasteiger partial charge in [-0.15, -0.1) is 0 Å². The van der Waals surface area contributed by atoms with Gasteiger partial charge in [0.05, 0.1) is 6.54 Å². The van der Waals surface area contributed by atoms with Crippen molar-refractivity contribution in [1.29, 1.82) is 0 Å². The minimum absolute atomic E-state index is 0.228. The topological polar surface area (TPSA) is 23.6 Å². The molecule has 1 aliphatic heterocycles. The summed E-state index contributed by atoms with van der Waals surface area (Å²) < 4.78 is 0. The van der Waals surface area contributed by atoms with Crippen molar-refractivity contribution < 1.29 is 4.79 Å². The molecule has 3 nitrogen and oxygen atoms in total. The Hall–Kier alpha value is -1.19. The van der Waals surface area contributed by atoms with Crippen LogP contribution in [0.1, 0.15) is 34.3 Å². The fourth-order valence-corrected chi connectivity index (χ4v) is 2.85. The molecule has 0 radical (unpaired) electrons. The summed E-state index contributed by atoms with van der Waals surface area (Å²) >= 11 is 0. The van der Waals surface area contributed by atoms with Crippen molar-refractivity contribution in [2.75, 3.05) is 39.8 Å². The highest BCUT2D eigenvalue weighted by Gasteiger charge is 2.14. The third-order valence-electron chi connectivity index (χ3n) is 4.09. The average molecular weight is 274 g/mol. The number of aryl methyl sites for hydroxylation is 2. The normalized spacial score (nSPS) is 16.0. The van der Waals surface area contributed by atoms with Crippen LogP contribution in [0.4, 0.5) is 0 Å². The summed E-state index contributed by atoms with van der Waals surface area (Å²) in [6.45, 7) is 9.08. The van der Waals surface area contributed by atoms with Gasteiger partial charge in [-0.2, -0.15) is 0 Å². The first kappa shape index (κ1) is 15.2. The smallest absolute Gasteiger partial charge is 0.177 e. The van der Waals surface area contributed by atoms with E-state index in [0.717, 1.165) is 24.2 Å². The Labute approximate surface area is 122 Å². The predicted molar refractivity (Wildman–Crippen MR) is 83.4 cm³/mol. The number of nitrogens with zero attached hydrogens (tertiary/aromatic N) is 2. The molecular weight excluding hydrogens is 248 g/mol. The molecule has 1 saturated heterocycles. The van der Waals surface area contributed by atoms with E-state index >= 15 is 0 Å². The van der Waals surface area contributed by atoms with Gasteiger partial charge in [-0.25, -0.2) is 0 Å². The standard InChI is InChI=1S/C17H26N2O/c1-14-6-7-16(15(2)12-14)17(20)13-18(3)10-11-19-8-4-5-9-19/h6-7,12H,4-5,8-11,13H2,1-3H3. The highest BCUT2D eigenvalue weighted by atomic mass is 16.1. The maximum atomic E-state index is 12.3. The molecule has 0 atom stereocenters. The monoisotopic (exact) mass is 274 g/mol. The van der Waals surface area contributed by atoms with Crippen LogP contribution in [-0.4, -0.2) is 55.4 Å². The Morgan fingerprint density at radius 2 is 1.95 bits per heavy atom. The van der Waals surface area contributed by atoms with Gasteiger partial charge in [0, 0.05) is 18.7 Å². The summed E-state index contributed by atoms with van der Waals surface area (Å²) in [5, 5.41) is 0. The largest absolute Gasteiger partial charge is 0.302 e. The van der Waals surface area contributed by atoms with E-state index in [1.165, 1.54) is 31.5 Å². The third kappa shape index (κ3) is 4.15. The number of likely N-dealkylation sites (N-methyl/N-ethyl adjacent to an activating group) is 1. The molecule has 0 saturated carbocycles. The molecule has 1 heterocycles. The number of benzene rings is 1. The lowest BCUT2D eigenvalue weighted by Gasteiger charge is -2.21. The van der Waals surface area contributed by atoms with Gasteiger partial charge in [-0.1, -0.05) is 23.8 Å². The molecule has 0 N–H and O–H groups in total. The van der Waals surface area contributed by atoms with Crippen molar-refractivity contribution in [3.8, 4) is 0 Å². The molecule has 0 aliphatic carbocycles. The summed E-state index contributed by atoms with van der Waals surface area (Å²) in [5.41, 5.74) is 3.16. The maximum absolute atomic E-state index is 12.3. The number of ketones is 1. The summed E-state index contributed by atoms with van der Waals surface area (Å²) in [6.07, 6.45) is 2.65. The van der Waals surface area contributed by atoms with Crippen LogP contribution < -0.4 is 0 Å². The number of rotatable bonds is 6. The number of carbonyl (C=O) groups excluding carboxylic acids is 1. The zero-order valence-corrected chi connectivity index (χ0v) is 13.0. The number of likely N-dealkylation sites (tertiary alicyclic amines) is 1. The van der Waals surface area contributed by atoms with E-state index in [1.807, 2.05) is 26.1 Å². The fraction of sp³-hybridized carbons (Fsp3) is 0.588. The molecule has 1 aromatic carbocycles. The zero-order valence-electron chi connectivity index (χ0n) is 13.0. The molecule has 20 heavy (non-hydrogen) atoms. The van der Waals surface area contributed by atoms with Crippen LogP contribution in [0.3, 0.4) is 0 Å². The molecular formula is C17H26N2O. The van der Waals surface area contributed by atoms with Crippen molar-refractivity contribution in [3.63, 3.8) is 0 Å². The third-order valence-corrected chi connectivity index (χ3v) is 4.09. The van der Waals surface area contributed by atoms with Crippen molar-refractivity contribution >= 4 is 5.78 Å². The first-order valence-corrected chi connectivity index (χ1v) is 7.57. The summed E-state index contributed by atoms with van der Waals surface area (Å²) in [5.74, 6) is 0.228. The van der Waals surface area contributed by atoms with E-state index in [-0.39, 0.29) is 5.78 Å². The van der Waals surface area contributed by atoms with Crippen molar-refractivity contribution in [3.05, 3.63) is 34.9 Å². The second-order valence-electron chi connectivity index (χ2n) is 6.03. The number of carbonyl (C=O) groups is 1. The summed E-state index contributed by atoms with van der Waals surface area (Å²) in [4.78, 5) is 17.0. The van der Waals surface area contributed by atoms with E-state index in [4.69, 9.17) is 0 Å². The molecule has 0 aromatic heterocycles. The number of hydrogen-bond donors (Lipinski definition) is 0. The lowest BCUT2D eigenvalue weighted by atomic mass is 10.0. The maximum Gasteiger partial charge on any atom is 0.177 e. The number of Topliss-reactive ketones (excluding diaryl/α,β-unsaturated/α-hetero) is 1. The van der Waals surface area contributed by atoms with Crippen molar-refractivity contribution in [2.24, 2.45) is 0 Å². The van der Waals surface area contributed by atoms with Crippen LogP contribution in [0.5, 0.6) is 0 Å². The Balaban J connectivity index is 1.83. The van der Waals surface area contributed by atoms with Gasteiger partial charge in [0.1, 0.15) is 0 Å². The number of hydrogen-bond acceptors (Lipinski definition) is 3. The van der Waals surface area contributed by atoms with Gasteiger partial charge in [-0.3, -0.25) is 9.69 Å². The van der Waals surface area contributed by atoms with Gasteiger partial charge >= 0.3 is 0 Å². The highest BCUT2D eigenvalue weighted by Crippen LogP contribution is 2.12. The first-order valence-electron chi connectivity index (χ1n) is 7.57. The second kappa shape index (κ2) is 7.00. The van der Waals surface area contributed by atoms with Gasteiger partial charge < -0.3 is 4.90 Å². The Morgan fingerprint density at radius 3 is 2.60 bits per heavy atom. The van der Waals surface area contributed by atoms with Crippen LogP contribution in [0, 0.1) is 13.8 Å². The van der Waals surface area contributed by atoms with Gasteiger partial charge in [-0.05, 0) is 52.4 Å². The van der Waals surface area contributed by atoms with Gasteiger partial charge in [0.2, 0.25) is 0 Å². The molecule has 2 rings (SSSR count). The van der Waals surface area contributed by atoms with Crippen molar-refractivity contribution in [1.82, 2.24) is 9.80 Å². The SMILES string of the molecule is Cc1ccc(C(=O)CN(C)CCN2CCCC2)c(C)c1. The van der Waals surface area contributed by atoms with E-state index in [1.54, 1.807) is 0 Å². The molecule has 0 unspecified atom stereocenters. The van der Waals surface area contributed by atoms with Crippen LogP contribution in [0.25, 0.3) is 0 Å². The Morgan fingerprint density at radius 1 is 1.25 bits per heavy atom. The minimum atomic E-state index is 0.228. The van der Waals surface area contributed by atoms with Crippen LogP contribution in [0.15, 0.2) is 18.2 Å². The molecule has 0 bridgehead atoms. The summed E-state index contributed by atoms with van der Waals surface area (Å²) in [6, 6.07) is 6.06. The second-order valence-corrected chi connectivity index (χ2v) is 6.03. The first-order chi connectivity index (χ1) is 9.56. The van der Waals surface area contributed by atoms with Crippen LogP contribution >= 0.6 is 0 Å². The Bertz CT molecular complexity index is 464. The molecule has 0 spiro atoms. The van der Waals surface area contributed by atoms with E-state index < -0.39 is 0 Å². The molecule has 3 heteroatoms. The van der Waals surface area contributed by atoms with Crippen molar-refractivity contribution in [2.45, 2.75) is 26.7 Å². The fourth-order valence-electron chi connectivity index (χ4n) is 2.85. The average Bonchev–Trinajstić information content (AvgIpc) is 2.89.